The summed E-state index contributed by atoms with van der Waals surface area (Å²) in [7, 11) is -3.60. The quantitative estimate of drug-likeness (QED) is 0.499. The van der Waals surface area contributed by atoms with Crippen LogP contribution in [0.15, 0.2) is 65.8 Å². The highest BCUT2D eigenvalue weighted by molar-refractivity contribution is 7.89. The minimum atomic E-state index is -3.60. The van der Waals surface area contributed by atoms with Crippen LogP contribution in [0.2, 0.25) is 0 Å². The second kappa shape index (κ2) is 9.51. The van der Waals surface area contributed by atoms with Crippen LogP contribution in [0.1, 0.15) is 16.1 Å². The van der Waals surface area contributed by atoms with Crippen molar-refractivity contribution in [2.24, 2.45) is 0 Å². The molecule has 3 heterocycles. The second-order valence-electron chi connectivity index (χ2n) is 7.42. The number of carbonyl (C=O) groups excluding carboxylic acids is 2. The number of benzene rings is 1. The van der Waals surface area contributed by atoms with Crippen LogP contribution in [0, 0.1) is 6.92 Å². The third kappa shape index (κ3) is 4.78. The molecule has 0 saturated carbocycles. The van der Waals surface area contributed by atoms with Crippen molar-refractivity contribution in [3.8, 4) is 5.82 Å². The Morgan fingerprint density at radius 3 is 2.36 bits per heavy atom. The zero-order valence-corrected chi connectivity index (χ0v) is 18.8. The number of piperazine rings is 1. The van der Waals surface area contributed by atoms with Crippen LogP contribution in [-0.4, -0.2) is 77.0 Å². The zero-order valence-electron chi connectivity index (χ0n) is 18.0. The highest BCUT2D eigenvalue weighted by Crippen LogP contribution is 2.18. The molecule has 1 aromatic carbocycles. The maximum atomic E-state index is 12.7. The molecule has 1 aliphatic heterocycles. The molecule has 3 aromatic rings. The third-order valence-electron chi connectivity index (χ3n) is 5.40. The molecule has 0 unspecified atom stereocenters. The predicted octanol–water partition coefficient (Wildman–Crippen LogP) is 1.27. The molecule has 10 nitrogen and oxygen atoms in total. The van der Waals surface area contributed by atoms with Gasteiger partial charge in [0.1, 0.15) is 5.56 Å². The van der Waals surface area contributed by atoms with E-state index in [1.165, 1.54) is 20.1 Å². The smallest absolute Gasteiger partial charge is 0.342 e. The van der Waals surface area contributed by atoms with Crippen LogP contribution in [0.25, 0.3) is 5.82 Å². The Balaban J connectivity index is 1.31. The van der Waals surface area contributed by atoms with Crippen molar-refractivity contribution < 1.29 is 22.7 Å². The van der Waals surface area contributed by atoms with Gasteiger partial charge in [0, 0.05) is 32.4 Å². The van der Waals surface area contributed by atoms with E-state index < -0.39 is 22.6 Å². The molecule has 0 atom stereocenters. The highest BCUT2D eigenvalue weighted by atomic mass is 32.2. The number of hydrogen-bond acceptors (Lipinski definition) is 7. The van der Waals surface area contributed by atoms with E-state index in [2.05, 4.69) is 10.1 Å². The van der Waals surface area contributed by atoms with Gasteiger partial charge < -0.3 is 9.64 Å². The molecular weight excluding hydrogens is 446 g/mol. The van der Waals surface area contributed by atoms with Crippen molar-refractivity contribution in [1.29, 1.82) is 0 Å². The summed E-state index contributed by atoms with van der Waals surface area (Å²) in [4.78, 5) is 30.9. The number of aromatic nitrogens is 3. The van der Waals surface area contributed by atoms with Gasteiger partial charge >= 0.3 is 5.97 Å². The zero-order chi connectivity index (χ0) is 23.4. The molecule has 4 rings (SSSR count). The molecule has 11 heteroatoms. The van der Waals surface area contributed by atoms with Crippen LogP contribution in [0.5, 0.6) is 0 Å². The molecule has 172 valence electrons. The number of sulfonamides is 1. The predicted molar refractivity (Wildman–Crippen MR) is 118 cm³/mol. The van der Waals surface area contributed by atoms with Crippen molar-refractivity contribution in [3.05, 3.63) is 72.2 Å². The Morgan fingerprint density at radius 1 is 1.00 bits per heavy atom. The topological polar surface area (TPSA) is 115 Å². The van der Waals surface area contributed by atoms with Crippen molar-refractivity contribution in [3.63, 3.8) is 0 Å². The lowest BCUT2D eigenvalue weighted by Gasteiger charge is -2.33. The summed E-state index contributed by atoms with van der Waals surface area (Å²) in [5, 5.41) is 4.18. The van der Waals surface area contributed by atoms with Crippen molar-refractivity contribution in [2.45, 2.75) is 11.8 Å². The molecule has 1 fully saturated rings. The number of esters is 1. The van der Waals surface area contributed by atoms with E-state index in [9.17, 15) is 18.0 Å². The van der Waals surface area contributed by atoms with Crippen LogP contribution >= 0.6 is 0 Å². The number of hydrogen-bond donors (Lipinski definition) is 0. The second-order valence-corrected chi connectivity index (χ2v) is 9.36. The fourth-order valence-corrected chi connectivity index (χ4v) is 4.98. The molecule has 1 amide bonds. The van der Waals surface area contributed by atoms with Crippen LogP contribution in [0.4, 0.5) is 0 Å². The molecular formula is C22H23N5O5S. The Hall–Kier alpha value is -3.57. The molecule has 1 saturated heterocycles. The van der Waals surface area contributed by atoms with E-state index in [-0.39, 0.29) is 42.5 Å². The summed E-state index contributed by atoms with van der Waals surface area (Å²) >= 11 is 0. The van der Waals surface area contributed by atoms with E-state index in [4.69, 9.17) is 4.74 Å². The van der Waals surface area contributed by atoms with Crippen molar-refractivity contribution >= 4 is 21.9 Å². The Bertz CT molecular complexity index is 1240. The first-order valence-electron chi connectivity index (χ1n) is 10.3. The summed E-state index contributed by atoms with van der Waals surface area (Å²) < 4.78 is 33.5. The average Bonchev–Trinajstić information content (AvgIpc) is 3.24. The van der Waals surface area contributed by atoms with Gasteiger partial charge in [-0.15, -0.1) is 0 Å². The highest BCUT2D eigenvalue weighted by Gasteiger charge is 2.30. The SMILES string of the molecule is Cc1c(C(=O)OCC(=O)N2CCN(S(=O)(=O)c3ccccc3)CC2)cnn1-c1ccccn1. The van der Waals surface area contributed by atoms with Gasteiger partial charge in [0.2, 0.25) is 10.0 Å². The number of amides is 1. The molecule has 0 bridgehead atoms. The van der Waals surface area contributed by atoms with Crippen molar-refractivity contribution in [2.75, 3.05) is 32.8 Å². The molecule has 2 aromatic heterocycles. The van der Waals surface area contributed by atoms with Crippen LogP contribution in [-0.2, 0) is 19.6 Å². The first-order valence-corrected chi connectivity index (χ1v) is 11.8. The Morgan fingerprint density at radius 2 is 1.70 bits per heavy atom. The number of ether oxygens (including phenoxy) is 1. The fourth-order valence-electron chi connectivity index (χ4n) is 3.54. The molecule has 0 aliphatic carbocycles. The summed E-state index contributed by atoms with van der Waals surface area (Å²) in [6.45, 7) is 2.07. The molecule has 33 heavy (non-hydrogen) atoms. The first kappa shape index (κ1) is 22.6. The van der Waals surface area contributed by atoms with Crippen LogP contribution < -0.4 is 0 Å². The van der Waals surface area contributed by atoms with Gasteiger partial charge in [0.25, 0.3) is 5.91 Å². The third-order valence-corrected chi connectivity index (χ3v) is 7.31. The molecule has 0 spiro atoms. The van der Waals surface area contributed by atoms with Crippen LogP contribution in [0.3, 0.4) is 0 Å². The lowest BCUT2D eigenvalue weighted by Crippen LogP contribution is -2.51. The van der Waals surface area contributed by atoms with Gasteiger partial charge in [-0.25, -0.2) is 22.9 Å². The number of pyridine rings is 1. The van der Waals surface area contributed by atoms with E-state index in [1.54, 1.807) is 55.6 Å². The Kier molecular flexibility index (Phi) is 6.52. The minimum absolute atomic E-state index is 0.173. The normalized spacial score (nSPS) is 14.8. The number of carbonyl (C=O) groups is 2. The minimum Gasteiger partial charge on any atom is -0.452 e. The van der Waals surface area contributed by atoms with Gasteiger partial charge in [-0.05, 0) is 31.2 Å². The van der Waals surface area contributed by atoms with Gasteiger partial charge in [-0.2, -0.15) is 9.40 Å². The number of nitrogens with zero attached hydrogens (tertiary/aromatic N) is 5. The van der Waals surface area contributed by atoms with E-state index in [1.807, 2.05) is 6.07 Å². The van der Waals surface area contributed by atoms with Gasteiger partial charge in [0.15, 0.2) is 12.4 Å². The summed E-state index contributed by atoms with van der Waals surface area (Å²) in [5.41, 5.74) is 0.790. The standard InChI is InChI=1S/C22H23N5O5S/c1-17-19(15-24-27(17)20-9-5-6-10-23-20)22(29)32-16-21(28)25-11-13-26(14-12-25)33(30,31)18-7-3-2-4-8-18/h2-10,15H,11-14,16H2,1H3. The largest absolute Gasteiger partial charge is 0.452 e. The molecule has 1 aliphatic rings. The number of rotatable bonds is 6. The van der Waals surface area contributed by atoms with Gasteiger partial charge in [-0.3, -0.25) is 4.79 Å². The van der Waals surface area contributed by atoms with E-state index >= 15 is 0 Å². The summed E-state index contributed by atoms with van der Waals surface area (Å²) in [6.07, 6.45) is 3.00. The monoisotopic (exact) mass is 469 g/mol. The molecule has 0 radical (unpaired) electrons. The average molecular weight is 470 g/mol. The lowest BCUT2D eigenvalue weighted by molar-refractivity contribution is -0.135. The van der Waals surface area contributed by atoms with Crippen molar-refractivity contribution in [1.82, 2.24) is 24.0 Å². The van der Waals surface area contributed by atoms with E-state index in [0.717, 1.165) is 0 Å². The summed E-state index contributed by atoms with van der Waals surface area (Å²) in [6, 6.07) is 13.5. The van der Waals surface area contributed by atoms with Gasteiger partial charge in [-0.1, -0.05) is 24.3 Å². The van der Waals surface area contributed by atoms with Gasteiger partial charge in [0.05, 0.1) is 16.8 Å². The van der Waals surface area contributed by atoms with E-state index in [0.29, 0.717) is 11.5 Å². The fraction of sp³-hybridized carbons (Fsp3) is 0.273. The maximum absolute atomic E-state index is 12.7. The lowest BCUT2D eigenvalue weighted by atomic mass is 10.2. The summed E-state index contributed by atoms with van der Waals surface area (Å²) in [5.74, 6) is -0.475. The maximum Gasteiger partial charge on any atom is 0.342 e. The first-order chi connectivity index (χ1) is 15.9. The molecule has 0 N–H and O–H groups in total. The Labute approximate surface area is 191 Å².